The van der Waals surface area contributed by atoms with Gasteiger partial charge in [0.25, 0.3) is 0 Å². The highest BCUT2D eigenvalue weighted by molar-refractivity contribution is 5.80. The largest absolute Gasteiger partial charge is 0.497 e. The molecule has 0 radical (unpaired) electrons. The number of likely N-dealkylation sites (tertiary alicyclic amines) is 1. The summed E-state index contributed by atoms with van der Waals surface area (Å²) < 4.78 is 44.9. The van der Waals surface area contributed by atoms with E-state index in [1.54, 1.807) is 7.05 Å². The Bertz CT molecular complexity index is 661. The first-order valence-corrected chi connectivity index (χ1v) is 9.11. The Hall–Kier alpha value is -1.96. The van der Waals surface area contributed by atoms with Crippen LogP contribution in [0.5, 0.6) is 5.75 Å². The highest BCUT2D eigenvalue weighted by atomic mass is 19.4. The Morgan fingerprint density at radius 3 is 2.56 bits per heavy atom. The van der Waals surface area contributed by atoms with Crippen LogP contribution in [0.2, 0.25) is 0 Å². The van der Waals surface area contributed by atoms with Crippen LogP contribution < -0.4 is 15.4 Å². The van der Waals surface area contributed by atoms with Crippen molar-refractivity contribution in [3.63, 3.8) is 0 Å². The Balaban J connectivity index is 2.04. The second kappa shape index (κ2) is 8.82. The van der Waals surface area contributed by atoms with E-state index in [4.69, 9.17) is 4.74 Å². The van der Waals surface area contributed by atoms with Crippen LogP contribution in [0.1, 0.15) is 31.9 Å². The number of ether oxygens (including phenoxy) is 1. The third-order valence-corrected chi connectivity index (χ3v) is 4.99. The van der Waals surface area contributed by atoms with Crippen LogP contribution in [0.15, 0.2) is 23.2 Å². The average Bonchev–Trinajstić information content (AvgIpc) is 2.98. The van der Waals surface area contributed by atoms with Gasteiger partial charge in [0.1, 0.15) is 5.75 Å². The molecule has 0 aromatic heterocycles. The van der Waals surface area contributed by atoms with E-state index in [0.29, 0.717) is 17.9 Å². The lowest BCUT2D eigenvalue weighted by atomic mass is 10.1. The molecular weight excluding hydrogens is 357 g/mol. The number of guanidine groups is 1. The van der Waals surface area contributed by atoms with E-state index < -0.39 is 11.7 Å². The Morgan fingerprint density at radius 2 is 2.04 bits per heavy atom. The number of halogens is 3. The molecule has 0 amide bonds. The van der Waals surface area contributed by atoms with Gasteiger partial charge in [0.05, 0.1) is 12.7 Å². The molecule has 1 saturated heterocycles. The predicted molar refractivity (Wildman–Crippen MR) is 101 cm³/mol. The number of nitrogens with one attached hydrogen (secondary N) is 2. The van der Waals surface area contributed by atoms with Gasteiger partial charge in [-0.3, -0.25) is 9.89 Å². The lowest BCUT2D eigenvalue weighted by Gasteiger charge is -2.22. The summed E-state index contributed by atoms with van der Waals surface area (Å²) in [5.41, 5.74) is -0.556. The van der Waals surface area contributed by atoms with Crippen molar-refractivity contribution in [2.45, 2.75) is 45.6 Å². The Labute approximate surface area is 159 Å². The zero-order valence-corrected chi connectivity index (χ0v) is 16.5. The van der Waals surface area contributed by atoms with E-state index in [1.807, 2.05) is 0 Å². The number of methoxy groups -OCH3 is 1. The lowest BCUT2D eigenvalue weighted by Crippen LogP contribution is -2.46. The molecule has 27 heavy (non-hydrogen) atoms. The minimum atomic E-state index is -4.44. The molecule has 1 heterocycles. The van der Waals surface area contributed by atoms with E-state index in [9.17, 15) is 13.2 Å². The van der Waals surface area contributed by atoms with Crippen LogP contribution in [0.4, 0.5) is 13.2 Å². The van der Waals surface area contributed by atoms with Gasteiger partial charge in [-0.2, -0.15) is 13.2 Å². The first kappa shape index (κ1) is 21.3. The van der Waals surface area contributed by atoms with Crippen molar-refractivity contribution in [3.05, 3.63) is 29.3 Å². The van der Waals surface area contributed by atoms with Crippen LogP contribution in [-0.4, -0.2) is 50.2 Å². The molecule has 5 nitrogen and oxygen atoms in total. The van der Waals surface area contributed by atoms with Crippen LogP contribution >= 0.6 is 0 Å². The fourth-order valence-electron chi connectivity index (χ4n) is 3.26. The smallest absolute Gasteiger partial charge is 0.416 e. The highest BCUT2D eigenvalue weighted by Crippen LogP contribution is 2.34. The van der Waals surface area contributed by atoms with Crippen molar-refractivity contribution in [1.29, 1.82) is 0 Å². The molecule has 1 aromatic carbocycles. The molecule has 2 N–H and O–H groups in total. The molecule has 0 bridgehead atoms. The minimum absolute atomic E-state index is 0.0213. The standard InChI is InChI=1S/C19H29F3N4O/c1-12(2)26-10-13(3)17(11-26)25-18(23-4)24-9-14-6-7-15(27-5)8-16(14)19(20,21)22/h6-8,12-13,17H,9-11H2,1-5H3,(H2,23,24,25). The number of hydrogen-bond donors (Lipinski definition) is 2. The number of hydrogen-bond acceptors (Lipinski definition) is 3. The number of benzene rings is 1. The molecule has 2 atom stereocenters. The molecule has 0 saturated carbocycles. The molecule has 1 aliphatic rings. The first-order valence-electron chi connectivity index (χ1n) is 9.11. The summed E-state index contributed by atoms with van der Waals surface area (Å²) in [7, 11) is 2.97. The maximum Gasteiger partial charge on any atom is 0.416 e. The molecule has 8 heteroatoms. The molecule has 1 fully saturated rings. The highest BCUT2D eigenvalue weighted by Gasteiger charge is 2.34. The molecule has 1 aliphatic heterocycles. The van der Waals surface area contributed by atoms with E-state index in [0.717, 1.165) is 19.2 Å². The summed E-state index contributed by atoms with van der Waals surface area (Å²) in [5.74, 6) is 1.11. The maximum absolute atomic E-state index is 13.3. The van der Waals surface area contributed by atoms with E-state index >= 15 is 0 Å². The number of aliphatic imine (C=N–C) groups is 1. The summed E-state index contributed by atoms with van der Waals surface area (Å²) >= 11 is 0. The fourth-order valence-corrected chi connectivity index (χ4v) is 3.26. The Kier molecular flexibility index (Phi) is 6.97. The summed E-state index contributed by atoms with van der Waals surface area (Å²) in [6.45, 7) is 8.37. The molecule has 1 aromatic rings. The topological polar surface area (TPSA) is 48.9 Å². The zero-order valence-electron chi connectivity index (χ0n) is 16.5. The van der Waals surface area contributed by atoms with E-state index in [1.165, 1.54) is 19.2 Å². The minimum Gasteiger partial charge on any atom is -0.497 e. The van der Waals surface area contributed by atoms with Gasteiger partial charge in [0, 0.05) is 38.8 Å². The molecule has 2 unspecified atom stereocenters. The number of nitrogens with zero attached hydrogens (tertiary/aromatic N) is 2. The SMILES string of the molecule is CN=C(NCc1ccc(OC)cc1C(F)(F)F)NC1CN(C(C)C)CC1C. The number of alkyl halides is 3. The third kappa shape index (κ3) is 5.51. The van der Waals surface area contributed by atoms with Gasteiger partial charge in [-0.05, 0) is 37.5 Å². The second-order valence-electron chi connectivity index (χ2n) is 7.22. The first-order chi connectivity index (χ1) is 12.7. The molecule has 152 valence electrons. The summed E-state index contributed by atoms with van der Waals surface area (Å²) in [6.07, 6.45) is -4.44. The monoisotopic (exact) mass is 386 g/mol. The van der Waals surface area contributed by atoms with Crippen LogP contribution in [0.3, 0.4) is 0 Å². The fraction of sp³-hybridized carbons (Fsp3) is 0.632. The second-order valence-corrected chi connectivity index (χ2v) is 7.22. The lowest BCUT2D eigenvalue weighted by molar-refractivity contribution is -0.138. The van der Waals surface area contributed by atoms with Gasteiger partial charge in [-0.25, -0.2) is 0 Å². The Morgan fingerprint density at radius 1 is 1.33 bits per heavy atom. The van der Waals surface area contributed by atoms with Crippen molar-refractivity contribution >= 4 is 5.96 Å². The summed E-state index contributed by atoms with van der Waals surface area (Å²) in [5, 5.41) is 6.35. The van der Waals surface area contributed by atoms with Gasteiger partial charge >= 0.3 is 6.18 Å². The van der Waals surface area contributed by atoms with Crippen LogP contribution in [-0.2, 0) is 12.7 Å². The van der Waals surface area contributed by atoms with E-state index in [2.05, 4.69) is 41.3 Å². The number of rotatable bonds is 5. The van der Waals surface area contributed by atoms with Crippen molar-refractivity contribution in [1.82, 2.24) is 15.5 Å². The van der Waals surface area contributed by atoms with Gasteiger partial charge in [0.2, 0.25) is 0 Å². The van der Waals surface area contributed by atoms with Gasteiger partial charge in [0.15, 0.2) is 5.96 Å². The van der Waals surface area contributed by atoms with Crippen molar-refractivity contribution < 1.29 is 17.9 Å². The predicted octanol–water partition coefficient (Wildman–Crippen LogP) is 3.11. The van der Waals surface area contributed by atoms with Crippen molar-refractivity contribution in [2.75, 3.05) is 27.2 Å². The summed E-state index contributed by atoms with van der Waals surface area (Å²) in [6, 6.07) is 4.65. The molecular formula is C19H29F3N4O. The van der Waals surface area contributed by atoms with Crippen LogP contribution in [0, 0.1) is 5.92 Å². The third-order valence-electron chi connectivity index (χ3n) is 4.99. The van der Waals surface area contributed by atoms with Gasteiger partial charge in [-0.1, -0.05) is 13.0 Å². The van der Waals surface area contributed by atoms with Crippen molar-refractivity contribution in [3.8, 4) is 5.75 Å². The molecule has 0 spiro atoms. The van der Waals surface area contributed by atoms with E-state index in [-0.39, 0.29) is 23.9 Å². The normalized spacial score (nSPS) is 21.6. The van der Waals surface area contributed by atoms with Gasteiger partial charge in [-0.15, -0.1) is 0 Å². The quantitative estimate of drug-likeness (QED) is 0.603. The summed E-state index contributed by atoms with van der Waals surface area (Å²) in [4.78, 5) is 6.54. The molecule has 2 rings (SSSR count). The average molecular weight is 386 g/mol. The van der Waals surface area contributed by atoms with Crippen LogP contribution in [0.25, 0.3) is 0 Å². The van der Waals surface area contributed by atoms with Crippen molar-refractivity contribution in [2.24, 2.45) is 10.9 Å². The zero-order chi connectivity index (χ0) is 20.2. The maximum atomic E-state index is 13.3. The van der Waals surface area contributed by atoms with Gasteiger partial charge < -0.3 is 15.4 Å². The molecule has 0 aliphatic carbocycles.